The fourth-order valence-electron chi connectivity index (χ4n) is 3.33. The van der Waals surface area contributed by atoms with Crippen molar-refractivity contribution in [1.29, 1.82) is 0 Å². The summed E-state index contributed by atoms with van der Waals surface area (Å²) in [5, 5.41) is 12.4. The van der Waals surface area contributed by atoms with Crippen molar-refractivity contribution in [3.8, 4) is 0 Å². The predicted octanol–water partition coefficient (Wildman–Crippen LogP) is 1.87. The highest BCUT2D eigenvalue weighted by atomic mass is 32.1. The van der Waals surface area contributed by atoms with E-state index < -0.39 is 6.10 Å². The summed E-state index contributed by atoms with van der Waals surface area (Å²) >= 11 is 1.80. The van der Waals surface area contributed by atoms with E-state index in [0.29, 0.717) is 25.6 Å². The van der Waals surface area contributed by atoms with E-state index in [9.17, 15) is 9.90 Å². The van der Waals surface area contributed by atoms with Crippen molar-refractivity contribution in [1.82, 2.24) is 9.80 Å². The third kappa shape index (κ3) is 3.05. The SMILES string of the molecule is O=C1CCCN1C[C@@H](O)CN1CCCC1c1cccs1. The standard InChI is InChI=1S/C15H22N2O2S/c18-12(11-17-8-2-6-15(17)19)10-16-7-1-4-13(16)14-5-3-9-20-14/h3,5,9,12-13,18H,1-2,4,6-8,10-11H2/t12-,13?/m0/s1. The second kappa shape index (κ2) is 6.24. The van der Waals surface area contributed by atoms with Gasteiger partial charge in [-0.05, 0) is 37.3 Å². The number of carbonyl (C=O) groups is 1. The highest BCUT2D eigenvalue weighted by molar-refractivity contribution is 7.10. The van der Waals surface area contributed by atoms with Crippen LogP contribution in [0.5, 0.6) is 0 Å². The molecule has 0 radical (unpaired) electrons. The minimum Gasteiger partial charge on any atom is -0.390 e. The molecule has 110 valence electrons. The summed E-state index contributed by atoms with van der Waals surface area (Å²) in [6, 6.07) is 4.73. The monoisotopic (exact) mass is 294 g/mol. The van der Waals surface area contributed by atoms with Gasteiger partial charge >= 0.3 is 0 Å². The number of likely N-dealkylation sites (tertiary alicyclic amines) is 2. The van der Waals surface area contributed by atoms with E-state index in [1.807, 2.05) is 0 Å². The minimum absolute atomic E-state index is 0.195. The van der Waals surface area contributed by atoms with Crippen molar-refractivity contribution >= 4 is 17.2 Å². The summed E-state index contributed by atoms with van der Waals surface area (Å²) in [5.41, 5.74) is 0. The number of carbonyl (C=O) groups excluding carboxylic acids is 1. The molecule has 0 spiro atoms. The summed E-state index contributed by atoms with van der Waals surface area (Å²) in [5.74, 6) is 0.195. The highest BCUT2D eigenvalue weighted by Gasteiger charge is 2.29. The smallest absolute Gasteiger partial charge is 0.222 e. The first-order valence-electron chi connectivity index (χ1n) is 7.47. The summed E-state index contributed by atoms with van der Waals surface area (Å²) in [4.78, 5) is 17.2. The van der Waals surface area contributed by atoms with E-state index in [2.05, 4.69) is 22.4 Å². The van der Waals surface area contributed by atoms with Crippen molar-refractivity contribution in [2.45, 2.75) is 37.8 Å². The van der Waals surface area contributed by atoms with Gasteiger partial charge < -0.3 is 10.0 Å². The fourth-order valence-corrected chi connectivity index (χ4v) is 4.22. The maximum Gasteiger partial charge on any atom is 0.222 e. The van der Waals surface area contributed by atoms with Gasteiger partial charge in [-0.3, -0.25) is 9.69 Å². The van der Waals surface area contributed by atoms with Crippen LogP contribution in [0, 0.1) is 0 Å². The van der Waals surface area contributed by atoms with Gasteiger partial charge in [0.2, 0.25) is 5.91 Å². The zero-order chi connectivity index (χ0) is 13.9. The largest absolute Gasteiger partial charge is 0.390 e. The Morgan fingerprint density at radius 3 is 2.95 bits per heavy atom. The highest BCUT2D eigenvalue weighted by Crippen LogP contribution is 2.34. The van der Waals surface area contributed by atoms with Crippen LogP contribution in [0.1, 0.15) is 36.6 Å². The lowest BCUT2D eigenvalue weighted by Crippen LogP contribution is -2.40. The molecule has 1 amide bonds. The molecule has 0 saturated carbocycles. The van der Waals surface area contributed by atoms with Gasteiger partial charge in [0.25, 0.3) is 0 Å². The van der Waals surface area contributed by atoms with Crippen LogP contribution >= 0.6 is 11.3 Å². The second-order valence-corrected chi connectivity index (χ2v) is 6.74. The van der Waals surface area contributed by atoms with Crippen molar-refractivity contribution in [3.63, 3.8) is 0 Å². The maximum absolute atomic E-state index is 11.6. The Hall–Kier alpha value is -0.910. The van der Waals surface area contributed by atoms with Gasteiger partial charge in [-0.1, -0.05) is 6.07 Å². The molecular formula is C15H22N2O2S. The summed E-state index contributed by atoms with van der Waals surface area (Å²) in [7, 11) is 0. The van der Waals surface area contributed by atoms with Crippen LogP contribution in [0.3, 0.4) is 0 Å². The average Bonchev–Trinajstić information content (AvgIpc) is 3.11. The van der Waals surface area contributed by atoms with Gasteiger partial charge in [0.05, 0.1) is 6.10 Å². The molecule has 1 aromatic rings. The summed E-state index contributed by atoms with van der Waals surface area (Å²) in [6.45, 7) is 3.02. The van der Waals surface area contributed by atoms with E-state index in [1.54, 1.807) is 16.2 Å². The molecule has 2 aliphatic rings. The first kappa shape index (κ1) is 14.0. The van der Waals surface area contributed by atoms with Crippen LogP contribution in [0.2, 0.25) is 0 Å². The fraction of sp³-hybridized carbons (Fsp3) is 0.667. The Balaban J connectivity index is 1.55. The molecule has 0 bridgehead atoms. The molecule has 2 atom stereocenters. The molecule has 0 aromatic carbocycles. The number of nitrogens with zero attached hydrogens (tertiary/aromatic N) is 2. The molecule has 2 saturated heterocycles. The van der Waals surface area contributed by atoms with Crippen molar-refractivity contribution < 1.29 is 9.90 Å². The number of aliphatic hydroxyl groups excluding tert-OH is 1. The van der Waals surface area contributed by atoms with Crippen LogP contribution in [-0.2, 0) is 4.79 Å². The van der Waals surface area contributed by atoms with Gasteiger partial charge in [-0.15, -0.1) is 11.3 Å². The number of β-amino-alcohol motifs (C(OH)–C–C–N with tert-alkyl or cyclic N) is 1. The normalized spacial score (nSPS) is 25.6. The molecule has 5 heteroatoms. The average molecular weight is 294 g/mol. The Kier molecular flexibility index (Phi) is 4.38. The topological polar surface area (TPSA) is 43.8 Å². The Morgan fingerprint density at radius 2 is 2.25 bits per heavy atom. The van der Waals surface area contributed by atoms with E-state index in [4.69, 9.17) is 0 Å². The Morgan fingerprint density at radius 1 is 1.35 bits per heavy atom. The lowest BCUT2D eigenvalue weighted by molar-refractivity contribution is -0.129. The van der Waals surface area contributed by atoms with E-state index >= 15 is 0 Å². The maximum atomic E-state index is 11.6. The molecule has 20 heavy (non-hydrogen) atoms. The van der Waals surface area contributed by atoms with Gasteiger partial charge in [-0.25, -0.2) is 0 Å². The number of rotatable bonds is 5. The molecule has 3 rings (SSSR count). The van der Waals surface area contributed by atoms with Crippen LogP contribution < -0.4 is 0 Å². The second-order valence-electron chi connectivity index (χ2n) is 5.77. The molecule has 3 heterocycles. The third-order valence-corrected chi connectivity index (χ3v) is 5.26. The lowest BCUT2D eigenvalue weighted by Gasteiger charge is -2.28. The van der Waals surface area contributed by atoms with Crippen molar-refractivity contribution in [2.75, 3.05) is 26.2 Å². The van der Waals surface area contributed by atoms with Crippen molar-refractivity contribution in [3.05, 3.63) is 22.4 Å². The molecular weight excluding hydrogens is 272 g/mol. The molecule has 2 fully saturated rings. The molecule has 2 aliphatic heterocycles. The number of hydrogen-bond donors (Lipinski definition) is 1. The number of hydrogen-bond acceptors (Lipinski definition) is 4. The van der Waals surface area contributed by atoms with Gasteiger partial charge in [0.15, 0.2) is 0 Å². The predicted molar refractivity (Wildman–Crippen MR) is 79.7 cm³/mol. The van der Waals surface area contributed by atoms with Gasteiger partial charge in [-0.2, -0.15) is 0 Å². The number of aliphatic hydroxyl groups is 1. The molecule has 1 unspecified atom stereocenters. The van der Waals surface area contributed by atoms with E-state index in [-0.39, 0.29) is 5.91 Å². The minimum atomic E-state index is -0.433. The molecule has 0 aliphatic carbocycles. The molecule has 1 N–H and O–H groups in total. The van der Waals surface area contributed by atoms with E-state index in [1.165, 1.54) is 17.7 Å². The first-order valence-corrected chi connectivity index (χ1v) is 8.35. The summed E-state index contributed by atoms with van der Waals surface area (Å²) < 4.78 is 0. The van der Waals surface area contributed by atoms with Crippen LogP contribution in [0.15, 0.2) is 17.5 Å². The van der Waals surface area contributed by atoms with E-state index in [0.717, 1.165) is 19.5 Å². The van der Waals surface area contributed by atoms with Gasteiger partial charge in [0.1, 0.15) is 0 Å². The third-order valence-electron chi connectivity index (χ3n) is 4.28. The zero-order valence-corrected chi connectivity index (χ0v) is 12.5. The Labute approximate surface area is 124 Å². The van der Waals surface area contributed by atoms with Crippen LogP contribution in [0.4, 0.5) is 0 Å². The number of thiophene rings is 1. The molecule has 4 nitrogen and oxygen atoms in total. The van der Waals surface area contributed by atoms with Gasteiger partial charge in [0, 0.05) is 37.0 Å². The quantitative estimate of drug-likeness (QED) is 0.901. The lowest BCUT2D eigenvalue weighted by atomic mass is 10.2. The number of amides is 1. The summed E-state index contributed by atoms with van der Waals surface area (Å²) in [6.07, 6.45) is 3.52. The Bertz CT molecular complexity index is 449. The molecule has 1 aromatic heterocycles. The first-order chi connectivity index (χ1) is 9.74. The van der Waals surface area contributed by atoms with Crippen molar-refractivity contribution in [2.24, 2.45) is 0 Å². The van der Waals surface area contributed by atoms with Crippen LogP contribution in [-0.4, -0.2) is 53.1 Å². The zero-order valence-electron chi connectivity index (χ0n) is 11.7. The van der Waals surface area contributed by atoms with Crippen LogP contribution in [0.25, 0.3) is 0 Å².